The smallest absolute Gasteiger partial charge is 0.136 e. The lowest BCUT2D eigenvalue weighted by atomic mass is 10.2. The second kappa shape index (κ2) is 5.04. The number of halogens is 3. The minimum absolute atomic E-state index is 0.0915. The van der Waals surface area contributed by atoms with Crippen LogP contribution in [0.3, 0.4) is 0 Å². The minimum atomic E-state index is -0.0915. The molecule has 0 aliphatic rings. The van der Waals surface area contributed by atoms with Crippen molar-refractivity contribution in [3.8, 4) is 11.3 Å². The Morgan fingerprint density at radius 1 is 1.06 bits per heavy atom. The third kappa shape index (κ3) is 2.42. The molecule has 0 bridgehead atoms. The highest BCUT2D eigenvalue weighted by Crippen LogP contribution is 2.38. The maximum atomic E-state index is 8.96. The predicted octanol–water partition coefficient (Wildman–Crippen LogP) is 4.73. The fourth-order valence-corrected chi connectivity index (χ4v) is 4.02. The first-order chi connectivity index (χ1) is 7.61. The van der Waals surface area contributed by atoms with E-state index in [4.69, 9.17) is 9.52 Å². The average Bonchev–Trinajstić information content (AvgIpc) is 2.64. The third-order valence-corrected chi connectivity index (χ3v) is 3.78. The number of hydrogen-bond acceptors (Lipinski definition) is 2. The molecule has 0 spiro atoms. The highest BCUT2D eigenvalue weighted by atomic mass is 79.9. The molecule has 0 amide bonds. The molecule has 16 heavy (non-hydrogen) atoms. The van der Waals surface area contributed by atoms with Crippen LogP contribution in [0.15, 0.2) is 42.1 Å². The summed E-state index contributed by atoms with van der Waals surface area (Å²) < 4.78 is 8.32. The van der Waals surface area contributed by atoms with Gasteiger partial charge in [-0.05, 0) is 56.1 Å². The van der Waals surface area contributed by atoms with E-state index in [1.165, 1.54) is 0 Å². The van der Waals surface area contributed by atoms with Gasteiger partial charge in [0.05, 0.1) is 0 Å². The van der Waals surface area contributed by atoms with Gasteiger partial charge in [-0.25, -0.2) is 0 Å². The van der Waals surface area contributed by atoms with Gasteiger partial charge < -0.3 is 9.52 Å². The van der Waals surface area contributed by atoms with Crippen molar-refractivity contribution in [1.29, 1.82) is 0 Å². The fourth-order valence-electron chi connectivity index (χ4n) is 1.37. The number of furan rings is 1. The zero-order valence-electron chi connectivity index (χ0n) is 8.01. The van der Waals surface area contributed by atoms with Crippen LogP contribution >= 0.6 is 47.8 Å². The van der Waals surface area contributed by atoms with E-state index in [0.717, 1.165) is 24.7 Å². The molecule has 5 heteroatoms. The molecule has 2 nitrogen and oxygen atoms in total. The van der Waals surface area contributed by atoms with Gasteiger partial charge in [0.2, 0.25) is 0 Å². The summed E-state index contributed by atoms with van der Waals surface area (Å²) in [5, 5.41) is 8.96. The van der Waals surface area contributed by atoms with Gasteiger partial charge in [0.1, 0.15) is 18.1 Å². The summed E-state index contributed by atoms with van der Waals surface area (Å²) in [5.74, 6) is 1.27. The fraction of sp³-hybridized carbons (Fsp3) is 0.0909. The Hall–Kier alpha value is -0.100. The predicted molar refractivity (Wildman–Crippen MR) is 73.2 cm³/mol. The van der Waals surface area contributed by atoms with E-state index in [1.807, 2.05) is 18.2 Å². The van der Waals surface area contributed by atoms with Gasteiger partial charge in [0.15, 0.2) is 0 Å². The van der Waals surface area contributed by atoms with Crippen LogP contribution in [0, 0.1) is 0 Å². The van der Waals surface area contributed by atoms with Crippen LogP contribution in [0.4, 0.5) is 0 Å². The van der Waals surface area contributed by atoms with Gasteiger partial charge in [-0.3, -0.25) is 0 Å². The molecule has 0 aliphatic heterocycles. The average molecular weight is 411 g/mol. The summed E-state index contributed by atoms with van der Waals surface area (Å²) in [6.45, 7) is -0.0915. The van der Waals surface area contributed by atoms with Crippen molar-refractivity contribution in [3.05, 3.63) is 43.4 Å². The van der Waals surface area contributed by atoms with Crippen molar-refractivity contribution in [2.45, 2.75) is 6.61 Å². The van der Waals surface area contributed by atoms with Gasteiger partial charge in [-0.1, -0.05) is 15.9 Å². The number of aliphatic hydroxyl groups excluding tert-OH is 1. The second-order valence-corrected chi connectivity index (χ2v) is 5.79. The highest BCUT2D eigenvalue weighted by Gasteiger charge is 2.12. The molecular formula is C11H7Br3O2. The molecule has 0 atom stereocenters. The van der Waals surface area contributed by atoms with Crippen LogP contribution in [0.2, 0.25) is 0 Å². The van der Waals surface area contributed by atoms with Gasteiger partial charge in [0, 0.05) is 19.0 Å². The van der Waals surface area contributed by atoms with Crippen LogP contribution in [0.1, 0.15) is 5.76 Å². The van der Waals surface area contributed by atoms with Crippen LogP contribution in [-0.4, -0.2) is 5.11 Å². The van der Waals surface area contributed by atoms with E-state index in [-0.39, 0.29) is 6.61 Å². The summed E-state index contributed by atoms with van der Waals surface area (Å²) >= 11 is 10.4. The molecule has 1 aromatic carbocycles. The molecule has 0 saturated heterocycles. The molecule has 2 rings (SSSR count). The largest absolute Gasteiger partial charge is 0.459 e. The van der Waals surface area contributed by atoms with Crippen molar-refractivity contribution < 1.29 is 9.52 Å². The standard InChI is InChI=1S/C11H7Br3O2/c12-6-3-8(13)11(9(14)4-6)10-2-1-7(5-15)16-10/h1-4,15H,5H2. The molecule has 0 radical (unpaired) electrons. The summed E-state index contributed by atoms with van der Waals surface area (Å²) in [4.78, 5) is 0. The molecule has 0 aliphatic carbocycles. The van der Waals surface area contributed by atoms with E-state index in [0.29, 0.717) is 5.76 Å². The SMILES string of the molecule is OCc1ccc(-c2c(Br)cc(Br)cc2Br)o1. The molecular weight excluding hydrogens is 404 g/mol. The van der Waals surface area contributed by atoms with Gasteiger partial charge in [-0.2, -0.15) is 0 Å². The lowest BCUT2D eigenvalue weighted by Gasteiger charge is -2.05. The summed E-state index contributed by atoms with van der Waals surface area (Å²) in [7, 11) is 0. The van der Waals surface area contributed by atoms with Crippen molar-refractivity contribution in [1.82, 2.24) is 0 Å². The first-order valence-electron chi connectivity index (χ1n) is 4.46. The number of rotatable bonds is 2. The topological polar surface area (TPSA) is 33.4 Å². The Morgan fingerprint density at radius 3 is 2.19 bits per heavy atom. The Morgan fingerprint density at radius 2 is 1.69 bits per heavy atom. The van der Waals surface area contributed by atoms with Crippen LogP contribution in [-0.2, 0) is 6.61 Å². The summed E-state index contributed by atoms with van der Waals surface area (Å²) in [6, 6.07) is 7.49. The molecule has 1 heterocycles. The van der Waals surface area contributed by atoms with Gasteiger partial charge in [-0.15, -0.1) is 0 Å². The minimum Gasteiger partial charge on any atom is -0.459 e. The highest BCUT2D eigenvalue weighted by molar-refractivity contribution is 9.11. The monoisotopic (exact) mass is 408 g/mol. The maximum absolute atomic E-state index is 8.96. The van der Waals surface area contributed by atoms with E-state index >= 15 is 0 Å². The second-order valence-electron chi connectivity index (χ2n) is 3.17. The molecule has 84 valence electrons. The van der Waals surface area contributed by atoms with E-state index in [1.54, 1.807) is 6.07 Å². The maximum Gasteiger partial charge on any atom is 0.136 e. The van der Waals surface area contributed by atoms with Crippen molar-refractivity contribution in [2.75, 3.05) is 0 Å². The van der Waals surface area contributed by atoms with Gasteiger partial charge in [0.25, 0.3) is 0 Å². The zero-order valence-corrected chi connectivity index (χ0v) is 12.8. The normalized spacial score (nSPS) is 10.8. The quantitative estimate of drug-likeness (QED) is 0.776. The number of benzene rings is 1. The van der Waals surface area contributed by atoms with E-state index in [2.05, 4.69) is 47.8 Å². The van der Waals surface area contributed by atoms with Gasteiger partial charge >= 0.3 is 0 Å². The molecule has 2 aromatic rings. The molecule has 0 fully saturated rings. The first-order valence-corrected chi connectivity index (χ1v) is 6.84. The Bertz CT molecular complexity index is 497. The molecule has 1 aromatic heterocycles. The molecule has 0 saturated carbocycles. The van der Waals surface area contributed by atoms with Crippen molar-refractivity contribution >= 4 is 47.8 Å². The zero-order chi connectivity index (χ0) is 11.7. The lowest BCUT2D eigenvalue weighted by molar-refractivity contribution is 0.248. The first kappa shape index (κ1) is 12.4. The Balaban J connectivity index is 2.55. The summed E-state index contributed by atoms with van der Waals surface area (Å²) in [5.41, 5.74) is 0.933. The van der Waals surface area contributed by atoms with E-state index < -0.39 is 0 Å². The van der Waals surface area contributed by atoms with Crippen molar-refractivity contribution in [2.24, 2.45) is 0 Å². The van der Waals surface area contributed by atoms with Crippen LogP contribution in [0.25, 0.3) is 11.3 Å². The third-order valence-electron chi connectivity index (χ3n) is 2.07. The number of hydrogen-bond donors (Lipinski definition) is 1. The van der Waals surface area contributed by atoms with Crippen molar-refractivity contribution in [3.63, 3.8) is 0 Å². The Labute approximate surface area is 118 Å². The Kier molecular flexibility index (Phi) is 3.89. The van der Waals surface area contributed by atoms with Crippen LogP contribution < -0.4 is 0 Å². The van der Waals surface area contributed by atoms with E-state index in [9.17, 15) is 0 Å². The summed E-state index contributed by atoms with van der Waals surface area (Å²) in [6.07, 6.45) is 0. The lowest BCUT2D eigenvalue weighted by Crippen LogP contribution is -1.81. The molecule has 0 unspecified atom stereocenters. The molecule has 1 N–H and O–H groups in total. The van der Waals surface area contributed by atoms with Crippen LogP contribution in [0.5, 0.6) is 0 Å². The number of aliphatic hydroxyl groups is 1.